The number of oxazole rings is 2. The summed E-state index contributed by atoms with van der Waals surface area (Å²) in [5.74, 6) is -0.505. The second-order valence-corrected chi connectivity index (χ2v) is 14.6. The highest BCUT2D eigenvalue weighted by Crippen LogP contribution is 2.59. The molecule has 0 radical (unpaired) electrons. The van der Waals surface area contributed by atoms with Crippen molar-refractivity contribution in [1.29, 1.82) is 0 Å². The molecule has 13 nitrogen and oxygen atoms in total. The van der Waals surface area contributed by atoms with Crippen LogP contribution >= 0.6 is 0 Å². The molecule has 2 aromatic carbocycles. The number of carbonyl (C=O) groups is 3. The highest BCUT2D eigenvalue weighted by atomic mass is 16.5. The van der Waals surface area contributed by atoms with Gasteiger partial charge in [-0.25, -0.2) is 9.97 Å². The van der Waals surface area contributed by atoms with E-state index in [9.17, 15) is 19.5 Å². The summed E-state index contributed by atoms with van der Waals surface area (Å²) >= 11 is 0. The van der Waals surface area contributed by atoms with E-state index < -0.39 is 41.6 Å². The molecule has 4 aromatic rings. The van der Waals surface area contributed by atoms with Crippen molar-refractivity contribution < 1.29 is 33.1 Å². The molecule has 51 heavy (non-hydrogen) atoms. The van der Waals surface area contributed by atoms with Crippen LogP contribution in [0.4, 0.5) is 5.69 Å². The third-order valence-electron chi connectivity index (χ3n) is 10.5. The number of anilines is 1. The number of ether oxygens (including phenoxy) is 1. The first-order valence-electron chi connectivity index (χ1n) is 17.8. The molecule has 13 heteroatoms. The number of nitrogens with zero attached hydrogens (tertiary/aromatic N) is 3. The van der Waals surface area contributed by atoms with Gasteiger partial charge in [0.1, 0.15) is 35.6 Å². The van der Waals surface area contributed by atoms with Crippen LogP contribution in [0.15, 0.2) is 57.6 Å². The van der Waals surface area contributed by atoms with Crippen LogP contribution in [0.25, 0.3) is 11.6 Å². The number of nitrogens with one attached hydrogen (secondary N) is 3. The molecular weight excluding hydrogens is 652 g/mol. The summed E-state index contributed by atoms with van der Waals surface area (Å²) in [4.78, 5) is 52.2. The number of aliphatic hydroxyl groups is 1. The second-order valence-electron chi connectivity index (χ2n) is 14.6. The zero-order valence-corrected chi connectivity index (χ0v) is 29.1. The molecule has 1 fully saturated rings. The average Bonchev–Trinajstić information content (AvgIpc) is 3.91. The van der Waals surface area contributed by atoms with Gasteiger partial charge in [0.25, 0.3) is 5.91 Å². The van der Waals surface area contributed by atoms with E-state index in [0.29, 0.717) is 24.6 Å². The molecule has 4 aliphatic heterocycles. The van der Waals surface area contributed by atoms with E-state index in [0.717, 1.165) is 41.6 Å². The lowest BCUT2D eigenvalue weighted by Crippen LogP contribution is -2.52. The first-order valence-corrected chi connectivity index (χ1v) is 17.8. The van der Waals surface area contributed by atoms with Crippen LogP contribution in [0.3, 0.4) is 0 Å². The Hall–Kier alpha value is -5.17. The van der Waals surface area contributed by atoms with E-state index in [2.05, 4.69) is 16.0 Å². The molecule has 6 heterocycles. The number of rotatable bonds is 6. The van der Waals surface area contributed by atoms with E-state index in [-0.39, 0.29) is 47.3 Å². The largest absolute Gasteiger partial charge is 0.469 e. The van der Waals surface area contributed by atoms with E-state index >= 15 is 0 Å². The molecule has 2 aromatic heterocycles. The minimum Gasteiger partial charge on any atom is -0.469 e. The third kappa shape index (κ3) is 5.36. The maximum Gasteiger partial charge on any atom is 0.275 e. The number of aliphatic hydroxyl groups excluding tert-OH is 1. The number of hydrogen-bond donors (Lipinski definition) is 4. The van der Waals surface area contributed by atoms with Gasteiger partial charge in [0.15, 0.2) is 23.4 Å². The smallest absolute Gasteiger partial charge is 0.275 e. The molecule has 0 aliphatic carbocycles. The molecule has 3 amide bonds. The zero-order chi connectivity index (χ0) is 35.6. The molecule has 4 aliphatic rings. The molecule has 266 valence electrons. The van der Waals surface area contributed by atoms with Crippen LogP contribution in [0.2, 0.25) is 0 Å². The minimum absolute atomic E-state index is 0.110. The van der Waals surface area contributed by atoms with Gasteiger partial charge < -0.3 is 39.5 Å². The predicted octanol–water partition coefficient (Wildman–Crippen LogP) is 4.31. The molecule has 1 saturated heterocycles. The fraction of sp³-hybridized carbons (Fsp3) is 0.447. The first kappa shape index (κ1) is 33.0. The van der Waals surface area contributed by atoms with Gasteiger partial charge in [0.05, 0.1) is 0 Å². The Balaban J connectivity index is 1.32. The van der Waals surface area contributed by atoms with Gasteiger partial charge in [-0.15, -0.1) is 0 Å². The van der Waals surface area contributed by atoms with Gasteiger partial charge in [0, 0.05) is 30.8 Å². The Morgan fingerprint density at radius 1 is 1.02 bits per heavy atom. The van der Waals surface area contributed by atoms with Gasteiger partial charge in [-0.3, -0.25) is 14.4 Å². The normalized spacial score (nSPS) is 24.1. The lowest BCUT2D eigenvalue weighted by molar-refractivity contribution is -0.135. The van der Waals surface area contributed by atoms with Gasteiger partial charge >= 0.3 is 0 Å². The lowest BCUT2D eigenvalue weighted by Gasteiger charge is -2.29. The van der Waals surface area contributed by atoms with Crippen molar-refractivity contribution in [1.82, 2.24) is 25.5 Å². The van der Waals surface area contributed by atoms with Gasteiger partial charge in [0.2, 0.25) is 23.6 Å². The van der Waals surface area contributed by atoms with E-state index in [1.807, 2.05) is 56.3 Å². The molecule has 4 bridgehead atoms. The van der Waals surface area contributed by atoms with Crippen LogP contribution in [0.1, 0.15) is 91.8 Å². The minimum atomic E-state index is -1.29. The van der Waals surface area contributed by atoms with Crippen molar-refractivity contribution in [3.8, 4) is 17.3 Å². The van der Waals surface area contributed by atoms with E-state index in [4.69, 9.17) is 23.5 Å². The second kappa shape index (κ2) is 12.6. The van der Waals surface area contributed by atoms with Gasteiger partial charge in [-0.2, -0.15) is 0 Å². The molecule has 5 atom stereocenters. The Morgan fingerprint density at radius 3 is 2.57 bits per heavy atom. The summed E-state index contributed by atoms with van der Waals surface area (Å²) in [6.45, 7) is 8.67. The quantitative estimate of drug-likeness (QED) is 0.228. The molecule has 0 saturated carbocycles. The number of para-hydroxylation sites is 1. The highest BCUT2D eigenvalue weighted by Gasteiger charge is 2.61. The van der Waals surface area contributed by atoms with Crippen molar-refractivity contribution in [2.45, 2.75) is 83.2 Å². The Morgan fingerprint density at radius 2 is 1.80 bits per heavy atom. The summed E-state index contributed by atoms with van der Waals surface area (Å²) in [5.41, 5.74) is 2.66. The van der Waals surface area contributed by atoms with E-state index in [1.165, 1.54) is 6.26 Å². The van der Waals surface area contributed by atoms with Gasteiger partial charge in [-0.1, -0.05) is 58.0 Å². The highest BCUT2D eigenvalue weighted by molar-refractivity contribution is 5.93. The van der Waals surface area contributed by atoms with Crippen molar-refractivity contribution in [3.63, 3.8) is 0 Å². The predicted molar refractivity (Wildman–Crippen MR) is 185 cm³/mol. The van der Waals surface area contributed by atoms with Crippen LogP contribution in [0, 0.1) is 11.8 Å². The average molecular weight is 695 g/mol. The van der Waals surface area contributed by atoms with Crippen molar-refractivity contribution in [3.05, 3.63) is 82.8 Å². The summed E-state index contributed by atoms with van der Waals surface area (Å²) < 4.78 is 19.5. The zero-order valence-electron chi connectivity index (χ0n) is 29.1. The van der Waals surface area contributed by atoms with Crippen LogP contribution in [-0.2, 0) is 21.4 Å². The van der Waals surface area contributed by atoms with Crippen LogP contribution in [0.5, 0.6) is 5.75 Å². The van der Waals surface area contributed by atoms with Crippen molar-refractivity contribution in [2.24, 2.45) is 11.8 Å². The number of carbonyl (C=O) groups excluding carboxylic acids is 3. The van der Waals surface area contributed by atoms with Crippen LogP contribution < -0.4 is 20.7 Å². The molecular formula is C38H42N6O7. The molecule has 8 rings (SSSR count). The van der Waals surface area contributed by atoms with Crippen LogP contribution in [-0.4, -0.2) is 69.2 Å². The van der Waals surface area contributed by atoms with E-state index in [1.54, 1.807) is 18.7 Å². The monoisotopic (exact) mass is 694 g/mol. The fourth-order valence-electron chi connectivity index (χ4n) is 7.75. The number of likely N-dealkylation sites (tertiary alicyclic amines) is 1. The lowest BCUT2D eigenvalue weighted by atomic mass is 9.72. The maximum atomic E-state index is 14.1. The Labute approximate surface area is 295 Å². The Kier molecular flexibility index (Phi) is 8.12. The summed E-state index contributed by atoms with van der Waals surface area (Å²) in [5, 5.41) is 20.0. The fourth-order valence-corrected chi connectivity index (χ4v) is 7.75. The third-order valence-corrected chi connectivity index (χ3v) is 10.5. The molecule has 1 unspecified atom stereocenters. The number of benzene rings is 2. The van der Waals surface area contributed by atoms with Gasteiger partial charge in [-0.05, 0) is 54.4 Å². The number of hydrogen-bond acceptors (Lipinski definition) is 10. The summed E-state index contributed by atoms with van der Waals surface area (Å²) in [7, 11) is 0. The summed E-state index contributed by atoms with van der Waals surface area (Å²) in [6, 6.07) is 11.8. The first-order chi connectivity index (χ1) is 24.6. The number of piperidine rings is 1. The molecule has 1 spiro atoms. The Bertz CT molecular complexity index is 2010. The maximum absolute atomic E-state index is 14.1. The standard InChI is InChI=1S/C38H42N6O7/c1-19(2)28-35-43-29(34-40-26(18-49-34)36(48)44-14-8-5-9-15-44)31(51-35)38-22-10-6-7-11-24(22)41-37(38)50-27-13-12-21(16-23(27)38)17-25(32(46)42-28)39-33(47)30(45)20(3)4/h6-7,10-13,16,18-20,25,28,30,37,41,45H,5,8-9,14-15,17H2,1-4H3,(H,39,47)(H,42,46)/t25-,28-,30-,37-,38?/m0/s1. The number of aromatic nitrogens is 2. The number of fused-ring (bicyclic) bond motifs is 4. The SMILES string of the molecule is CC(C)[C@H](O)C(=O)N[C@H]1Cc2ccc3c(c2)C2(c4ccccc4N[C@H]2O3)c2oc(nc2-c2nc(C(=O)N3CCCCC3)co2)[C@H](C(C)C)NC1=O. The number of amides is 3. The molecule has 4 N–H and O–H groups in total. The van der Waals surface area contributed by atoms with Crippen molar-refractivity contribution >= 4 is 23.4 Å². The van der Waals surface area contributed by atoms with Crippen molar-refractivity contribution in [2.75, 3.05) is 18.4 Å². The summed E-state index contributed by atoms with van der Waals surface area (Å²) in [6.07, 6.45) is 2.55. The topological polar surface area (TPSA) is 172 Å².